The number of anilines is 1. The molecule has 0 bridgehead atoms. The van der Waals surface area contributed by atoms with E-state index in [0.29, 0.717) is 11.5 Å². The van der Waals surface area contributed by atoms with Gasteiger partial charge in [-0.2, -0.15) is 0 Å². The second-order valence-electron chi connectivity index (χ2n) is 7.33. The summed E-state index contributed by atoms with van der Waals surface area (Å²) >= 11 is 1.55. The van der Waals surface area contributed by atoms with Crippen molar-refractivity contribution in [3.05, 3.63) is 47.1 Å². The predicted octanol–water partition coefficient (Wildman–Crippen LogP) is 4.15. The fourth-order valence-corrected chi connectivity index (χ4v) is 4.56. The molecule has 0 radical (unpaired) electrons. The minimum Gasteiger partial charge on any atom is -0.361 e. The van der Waals surface area contributed by atoms with Crippen LogP contribution < -0.4 is 5.32 Å². The van der Waals surface area contributed by atoms with Crippen LogP contribution in [0.15, 0.2) is 28.8 Å². The Labute approximate surface area is 174 Å². The molecule has 2 aromatic heterocycles. The van der Waals surface area contributed by atoms with Gasteiger partial charge < -0.3 is 14.4 Å². The Bertz CT molecular complexity index is 991. The summed E-state index contributed by atoms with van der Waals surface area (Å²) in [6.07, 6.45) is 4.52. The first-order valence-corrected chi connectivity index (χ1v) is 11.1. The molecular formula is C21H25N5O2S. The van der Waals surface area contributed by atoms with Crippen LogP contribution >= 0.6 is 11.8 Å². The van der Waals surface area contributed by atoms with Crippen LogP contribution in [0.3, 0.4) is 0 Å². The molecule has 0 saturated carbocycles. The lowest BCUT2D eigenvalue weighted by Gasteiger charge is -2.09. The van der Waals surface area contributed by atoms with Gasteiger partial charge in [-0.05, 0) is 38.8 Å². The molecule has 0 unspecified atom stereocenters. The van der Waals surface area contributed by atoms with Gasteiger partial charge in [0.2, 0.25) is 5.91 Å². The van der Waals surface area contributed by atoms with Crippen LogP contribution in [0.25, 0.3) is 11.4 Å². The fraction of sp³-hybridized carbons (Fsp3) is 0.429. The average Bonchev–Trinajstić information content (AvgIpc) is 3.16. The molecule has 8 heteroatoms. The van der Waals surface area contributed by atoms with Crippen LogP contribution in [-0.4, -0.2) is 31.6 Å². The molecule has 7 nitrogen and oxygen atoms in total. The first kappa shape index (κ1) is 19.7. The van der Waals surface area contributed by atoms with Gasteiger partial charge in [-0.3, -0.25) is 4.79 Å². The van der Waals surface area contributed by atoms with Crippen molar-refractivity contribution in [2.24, 2.45) is 0 Å². The summed E-state index contributed by atoms with van der Waals surface area (Å²) in [4.78, 5) is 12.4. The van der Waals surface area contributed by atoms with Gasteiger partial charge in [0.15, 0.2) is 5.82 Å². The summed E-state index contributed by atoms with van der Waals surface area (Å²) in [6.45, 7) is 4.77. The lowest BCUT2D eigenvalue weighted by molar-refractivity contribution is -0.113. The van der Waals surface area contributed by atoms with Gasteiger partial charge >= 0.3 is 0 Å². The van der Waals surface area contributed by atoms with Crippen LogP contribution in [0, 0.1) is 13.8 Å². The Kier molecular flexibility index (Phi) is 5.99. The number of carbonyl (C=O) groups excluding carboxylic acids is 1. The van der Waals surface area contributed by atoms with E-state index in [4.69, 9.17) is 4.52 Å². The smallest absolute Gasteiger partial charge is 0.234 e. The Morgan fingerprint density at radius 2 is 2.14 bits per heavy atom. The molecule has 3 heterocycles. The Balaban J connectivity index is 1.39. The number of nitrogens with one attached hydrogen (secondary N) is 1. The van der Waals surface area contributed by atoms with Crippen LogP contribution in [0.2, 0.25) is 0 Å². The number of aryl methyl sites for hydroxylation is 3. The summed E-state index contributed by atoms with van der Waals surface area (Å²) in [6, 6.07) is 7.84. The number of hydrogen-bond acceptors (Lipinski definition) is 6. The molecule has 0 atom stereocenters. The number of thioether (sulfide) groups is 1. The lowest BCUT2D eigenvalue weighted by atomic mass is 10.2. The Morgan fingerprint density at radius 3 is 2.97 bits per heavy atom. The van der Waals surface area contributed by atoms with Crippen LogP contribution in [0.5, 0.6) is 0 Å². The molecule has 0 fully saturated rings. The molecule has 3 aromatic rings. The highest BCUT2D eigenvalue weighted by Crippen LogP contribution is 2.25. The molecule has 1 aromatic carbocycles. The SMILES string of the molecule is Cc1noc(C)c1CSCC(=O)Nc1cccc(-c2nnc3n2CCCCC3)c1. The summed E-state index contributed by atoms with van der Waals surface area (Å²) in [7, 11) is 0. The van der Waals surface area contributed by atoms with E-state index in [-0.39, 0.29) is 5.91 Å². The number of carbonyl (C=O) groups is 1. The second kappa shape index (κ2) is 8.82. The molecule has 0 saturated heterocycles. The molecule has 1 N–H and O–H groups in total. The number of hydrogen-bond donors (Lipinski definition) is 1. The molecule has 0 spiro atoms. The molecule has 152 valence electrons. The van der Waals surface area contributed by atoms with E-state index in [1.165, 1.54) is 12.8 Å². The van der Waals surface area contributed by atoms with E-state index in [0.717, 1.165) is 59.3 Å². The van der Waals surface area contributed by atoms with E-state index in [2.05, 4.69) is 25.2 Å². The van der Waals surface area contributed by atoms with Crippen molar-refractivity contribution in [1.82, 2.24) is 19.9 Å². The zero-order chi connectivity index (χ0) is 20.2. The lowest BCUT2D eigenvalue weighted by Crippen LogP contribution is -2.14. The van der Waals surface area contributed by atoms with Crippen molar-refractivity contribution >= 4 is 23.4 Å². The Morgan fingerprint density at radius 1 is 1.24 bits per heavy atom. The average molecular weight is 412 g/mol. The van der Waals surface area contributed by atoms with Crippen molar-refractivity contribution < 1.29 is 9.32 Å². The summed E-state index contributed by atoms with van der Waals surface area (Å²) in [5.74, 6) is 3.80. The van der Waals surface area contributed by atoms with E-state index >= 15 is 0 Å². The van der Waals surface area contributed by atoms with Crippen LogP contribution in [0.1, 0.15) is 42.1 Å². The molecular weight excluding hydrogens is 386 g/mol. The van der Waals surface area contributed by atoms with Crippen molar-refractivity contribution in [3.63, 3.8) is 0 Å². The van der Waals surface area contributed by atoms with Crippen molar-refractivity contribution in [2.45, 2.75) is 51.8 Å². The molecule has 0 aliphatic carbocycles. The number of amides is 1. The minimum absolute atomic E-state index is 0.0287. The van der Waals surface area contributed by atoms with Gasteiger partial charge in [0.25, 0.3) is 0 Å². The standard InChI is InChI=1S/C21H25N5O2S/c1-14-18(15(2)28-25-14)12-29-13-20(27)22-17-8-6-7-16(11-17)21-24-23-19-9-4-3-5-10-26(19)21/h6-8,11H,3-5,9-10,12-13H2,1-2H3,(H,22,27). The maximum Gasteiger partial charge on any atom is 0.234 e. The minimum atomic E-state index is -0.0287. The number of aromatic nitrogens is 4. The highest BCUT2D eigenvalue weighted by molar-refractivity contribution is 7.99. The predicted molar refractivity (Wildman–Crippen MR) is 114 cm³/mol. The zero-order valence-corrected chi connectivity index (χ0v) is 17.6. The van der Waals surface area contributed by atoms with Crippen LogP contribution in [0.4, 0.5) is 5.69 Å². The number of rotatable bonds is 6. The summed E-state index contributed by atoms with van der Waals surface area (Å²) < 4.78 is 7.38. The molecule has 1 amide bonds. The monoisotopic (exact) mass is 411 g/mol. The number of benzene rings is 1. The number of fused-ring (bicyclic) bond motifs is 1. The summed E-state index contributed by atoms with van der Waals surface area (Å²) in [5, 5.41) is 15.7. The molecule has 1 aliphatic rings. The van der Waals surface area contributed by atoms with Gasteiger partial charge in [-0.15, -0.1) is 22.0 Å². The topological polar surface area (TPSA) is 85.8 Å². The van der Waals surface area contributed by atoms with Gasteiger partial charge in [-0.25, -0.2) is 0 Å². The largest absolute Gasteiger partial charge is 0.361 e. The maximum atomic E-state index is 12.4. The first-order valence-electron chi connectivity index (χ1n) is 9.93. The van der Waals surface area contributed by atoms with Gasteiger partial charge in [0.05, 0.1) is 11.4 Å². The quantitative estimate of drug-likeness (QED) is 0.656. The maximum absolute atomic E-state index is 12.4. The van der Waals surface area contributed by atoms with E-state index in [9.17, 15) is 4.79 Å². The third-order valence-electron chi connectivity index (χ3n) is 5.17. The second-order valence-corrected chi connectivity index (χ2v) is 8.31. The van der Waals surface area contributed by atoms with E-state index < -0.39 is 0 Å². The normalized spacial score (nSPS) is 13.7. The van der Waals surface area contributed by atoms with Crippen molar-refractivity contribution in [2.75, 3.05) is 11.1 Å². The highest BCUT2D eigenvalue weighted by atomic mass is 32.2. The van der Waals surface area contributed by atoms with Gasteiger partial charge in [0, 0.05) is 35.5 Å². The number of nitrogens with zero attached hydrogens (tertiary/aromatic N) is 4. The van der Waals surface area contributed by atoms with Crippen LogP contribution in [-0.2, 0) is 23.5 Å². The zero-order valence-electron chi connectivity index (χ0n) is 16.8. The third kappa shape index (κ3) is 4.53. The van der Waals surface area contributed by atoms with E-state index in [1.807, 2.05) is 38.1 Å². The summed E-state index contributed by atoms with van der Waals surface area (Å²) in [5.41, 5.74) is 3.70. The fourth-order valence-electron chi connectivity index (χ4n) is 3.59. The van der Waals surface area contributed by atoms with Gasteiger partial charge in [-0.1, -0.05) is 23.7 Å². The Hall–Kier alpha value is -2.61. The molecule has 4 rings (SSSR count). The molecule has 29 heavy (non-hydrogen) atoms. The van der Waals surface area contributed by atoms with Gasteiger partial charge in [0.1, 0.15) is 11.6 Å². The van der Waals surface area contributed by atoms with E-state index in [1.54, 1.807) is 11.8 Å². The highest BCUT2D eigenvalue weighted by Gasteiger charge is 2.16. The third-order valence-corrected chi connectivity index (χ3v) is 6.13. The van der Waals surface area contributed by atoms with Crippen molar-refractivity contribution in [3.8, 4) is 11.4 Å². The molecule has 1 aliphatic heterocycles. The van der Waals surface area contributed by atoms with Crippen molar-refractivity contribution in [1.29, 1.82) is 0 Å². The first-order chi connectivity index (χ1) is 14.1.